The van der Waals surface area contributed by atoms with Crippen LogP contribution in [0, 0.1) is 23.2 Å². The Morgan fingerprint density at radius 1 is 0.941 bits per heavy atom. The molecule has 2 rings (SSSR count). The summed E-state index contributed by atoms with van der Waals surface area (Å²) in [5.74, 6) is 2.83. The number of rotatable bonds is 2. The lowest BCUT2D eigenvalue weighted by Crippen LogP contribution is -2.31. The summed E-state index contributed by atoms with van der Waals surface area (Å²) >= 11 is 0. The van der Waals surface area contributed by atoms with Gasteiger partial charge in [-0.25, -0.2) is 0 Å². The molecular weight excluding hydrogens is 204 g/mol. The van der Waals surface area contributed by atoms with E-state index >= 15 is 0 Å². The van der Waals surface area contributed by atoms with Crippen molar-refractivity contribution in [3.63, 3.8) is 0 Å². The summed E-state index contributed by atoms with van der Waals surface area (Å²) in [6.07, 6.45) is 12.5. The lowest BCUT2D eigenvalue weighted by molar-refractivity contribution is 0.163. The van der Waals surface area contributed by atoms with Crippen LogP contribution in [-0.2, 0) is 0 Å². The second kappa shape index (κ2) is 5.16. The van der Waals surface area contributed by atoms with Crippen LogP contribution in [0.1, 0.15) is 72.6 Å². The van der Waals surface area contributed by atoms with Crippen molar-refractivity contribution in [2.24, 2.45) is 23.2 Å². The molecule has 17 heavy (non-hydrogen) atoms. The van der Waals surface area contributed by atoms with Crippen LogP contribution in [0.5, 0.6) is 0 Å². The summed E-state index contributed by atoms with van der Waals surface area (Å²) < 4.78 is 0. The summed E-state index contributed by atoms with van der Waals surface area (Å²) in [5.41, 5.74) is 2.25. The lowest BCUT2D eigenvalue weighted by atomic mass is 9.63. The summed E-state index contributed by atoms with van der Waals surface area (Å²) in [6.45, 7) is 9.83. The Bertz CT molecular complexity index is 276. The molecule has 0 amide bonds. The van der Waals surface area contributed by atoms with E-state index in [0.717, 1.165) is 17.8 Å². The first-order valence-electron chi connectivity index (χ1n) is 7.69. The van der Waals surface area contributed by atoms with Crippen LogP contribution in [-0.4, -0.2) is 0 Å². The van der Waals surface area contributed by atoms with E-state index in [9.17, 15) is 0 Å². The predicted octanol–water partition coefficient (Wildman–Crippen LogP) is 5.59. The molecule has 0 aliphatic heterocycles. The monoisotopic (exact) mass is 234 g/mol. The second-order valence-corrected chi connectivity index (χ2v) is 7.29. The van der Waals surface area contributed by atoms with Crippen molar-refractivity contribution < 1.29 is 0 Å². The van der Waals surface area contributed by atoms with Crippen LogP contribution in [0.25, 0.3) is 0 Å². The summed E-state index contributed by atoms with van der Waals surface area (Å²) in [7, 11) is 0. The first-order chi connectivity index (χ1) is 8.00. The molecular formula is C17H30. The molecule has 0 spiro atoms. The van der Waals surface area contributed by atoms with E-state index in [1.807, 2.05) is 0 Å². The van der Waals surface area contributed by atoms with Crippen LogP contribution in [0.2, 0.25) is 0 Å². The minimum Gasteiger partial charge on any atom is -0.0845 e. The van der Waals surface area contributed by atoms with Gasteiger partial charge >= 0.3 is 0 Å². The van der Waals surface area contributed by atoms with Crippen LogP contribution in [0.3, 0.4) is 0 Å². The molecule has 0 nitrogen and oxygen atoms in total. The zero-order valence-electron chi connectivity index (χ0n) is 12.3. The van der Waals surface area contributed by atoms with Crippen molar-refractivity contribution in [1.82, 2.24) is 0 Å². The van der Waals surface area contributed by atoms with E-state index < -0.39 is 0 Å². The fraction of sp³-hybridized carbons (Fsp3) is 0.882. The molecule has 1 saturated carbocycles. The standard InChI is InChI=1S/C17H30/c1-13-5-9-15(10-6-13)17(3,4)16-11-7-14(2)8-12-16/h9,13-14,16H,5-8,10-12H2,1-4H3. The molecule has 1 unspecified atom stereocenters. The molecule has 1 fully saturated rings. The number of allylic oxidation sites excluding steroid dienone is 2. The van der Waals surface area contributed by atoms with Crippen molar-refractivity contribution in [3.8, 4) is 0 Å². The average molecular weight is 234 g/mol. The Balaban J connectivity index is 2.02. The highest BCUT2D eigenvalue weighted by Crippen LogP contribution is 2.47. The van der Waals surface area contributed by atoms with Gasteiger partial charge in [-0.3, -0.25) is 0 Å². The highest BCUT2D eigenvalue weighted by Gasteiger charge is 2.35. The Morgan fingerprint density at radius 2 is 1.59 bits per heavy atom. The Labute approximate surface area is 108 Å². The highest BCUT2D eigenvalue weighted by atomic mass is 14.4. The molecule has 98 valence electrons. The summed E-state index contributed by atoms with van der Waals surface area (Å²) in [5, 5.41) is 0. The minimum atomic E-state index is 0.473. The van der Waals surface area contributed by atoms with Gasteiger partial charge in [0.15, 0.2) is 0 Å². The first kappa shape index (κ1) is 13.2. The molecule has 0 radical (unpaired) electrons. The maximum atomic E-state index is 2.58. The normalized spacial score (nSPS) is 35.5. The van der Waals surface area contributed by atoms with E-state index in [2.05, 4.69) is 33.8 Å². The zero-order chi connectivity index (χ0) is 12.5. The summed E-state index contributed by atoms with van der Waals surface area (Å²) in [4.78, 5) is 0. The lowest BCUT2D eigenvalue weighted by Gasteiger charge is -2.42. The topological polar surface area (TPSA) is 0 Å². The van der Waals surface area contributed by atoms with Gasteiger partial charge < -0.3 is 0 Å². The van der Waals surface area contributed by atoms with Crippen LogP contribution in [0.4, 0.5) is 0 Å². The van der Waals surface area contributed by atoms with Crippen LogP contribution in [0.15, 0.2) is 11.6 Å². The van der Waals surface area contributed by atoms with Crippen molar-refractivity contribution >= 4 is 0 Å². The van der Waals surface area contributed by atoms with Gasteiger partial charge in [-0.2, -0.15) is 0 Å². The second-order valence-electron chi connectivity index (χ2n) is 7.29. The molecule has 2 aliphatic carbocycles. The van der Waals surface area contributed by atoms with Gasteiger partial charge in [-0.05, 0) is 55.3 Å². The molecule has 0 bridgehead atoms. The van der Waals surface area contributed by atoms with Crippen molar-refractivity contribution in [2.75, 3.05) is 0 Å². The molecule has 0 N–H and O–H groups in total. The predicted molar refractivity (Wildman–Crippen MR) is 76.0 cm³/mol. The van der Waals surface area contributed by atoms with E-state index in [1.165, 1.54) is 44.9 Å². The van der Waals surface area contributed by atoms with Gasteiger partial charge in [0.05, 0.1) is 0 Å². The van der Waals surface area contributed by atoms with Gasteiger partial charge in [0.1, 0.15) is 0 Å². The van der Waals surface area contributed by atoms with Gasteiger partial charge in [0.25, 0.3) is 0 Å². The summed E-state index contributed by atoms with van der Waals surface area (Å²) in [6, 6.07) is 0. The maximum absolute atomic E-state index is 2.58. The van der Waals surface area contributed by atoms with Crippen LogP contribution < -0.4 is 0 Å². The van der Waals surface area contributed by atoms with Gasteiger partial charge in [0.2, 0.25) is 0 Å². The fourth-order valence-electron chi connectivity index (χ4n) is 3.79. The van der Waals surface area contributed by atoms with Crippen molar-refractivity contribution in [1.29, 1.82) is 0 Å². The molecule has 2 aliphatic rings. The van der Waals surface area contributed by atoms with Crippen molar-refractivity contribution in [2.45, 2.75) is 72.6 Å². The third-order valence-electron chi connectivity index (χ3n) is 5.54. The molecule has 1 atom stereocenters. The average Bonchev–Trinajstić information content (AvgIpc) is 2.30. The third kappa shape index (κ3) is 2.95. The first-order valence-corrected chi connectivity index (χ1v) is 7.69. The SMILES string of the molecule is CC1CC=C(C(C)(C)C2CCC(C)CC2)CC1. The minimum absolute atomic E-state index is 0.473. The van der Waals surface area contributed by atoms with Crippen molar-refractivity contribution in [3.05, 3.63) is 11.6 Å². The fourth-order valence-corrected chi connectivity index (χ4v) is 3.79. The van der Waals surface area contributed by atoms with Crippen LogP contribution >= 0.6 is 0 Å². The molecule has 0 heterocycles. The van der Waals surface area contributed by atoms with Gasteiger partial charge in [-0.15, -0.1) is 0 Å². The smallest absolute Gasteiger partial charge is 0.0116 e. The third-order valence-corrected chi connectivity index (χ3v) is 5.54. The van der Waals surface area contributed by atoms with E-state index in [-0.39, 0.29) is 0 Å². The molecule has 0 aromatic rings. The Hall–Kier alpha value is -0.260. The van der Waals surface area contributed by atoms with Gasteiger partial charge in [-0.1, -0.05) is 52.2 Å². The molecule has 0 saturated heterocycles. The number of hydrogen-bond acceptors (Lipinski definition) is 0. The van der Waals surface area contributed by atoms with E-state index in [4.69, 9.17) is 0 Å². The molecule has 0 aromatic heterocycles. The number of hydrogen-bond donors (Lipinski definition) is 0. The van der Waals surface area contributed by atoms with E-state index in [1.54, 1.807) is 5.57 Å². The quantitative estimate of drug-likeness (QED) is 0.547. The molecule has 0 heteroatoms. The van der Waals surface area contributed by atoms with Gasteiger partial charge in [0, 0.05) is 0 Å². The Morgan fingerprint density at radius 3 is 2.12 bits per heavy atom. The molecule has 0 aromatic carbocycles. The largest absolute Gasteiger partial charge is 0.0845 e. The Kier molecular flexibility index (Phi) is 4.00. The highest BCUT2D eigenvalue weighted by molar-refractivity contribution is 5.16. The zero-order valence-corrected chi connectivity index (χ0v) is 12.3. The van der Waals surface area contributed by atoms with E-state index in [0.29, 0.717) is 5.41 Å². The maximum Gasteiger partial charge on any atom is -0.0116 e.